The van der Waals surface area contributed by atoms with Gasteiger partial charge in [-0.05, 0) is 65.1 Å². The second-order valence-electron chi connectivity index (χ2n) is 8.47. The number of tetrazole rings is 1. The highest BCUT2D eigenvalue weighted by atomic mass is 19.1. The number of benzene rings is 2. The summed E-state index contributed by atoms with van der Waals surface area (Å²) in [6, 6.07) is 11.9. The van der Waals surface area contributed by atoms with Gasteiger partial charge in [-0.15, -0.1) is 5.10 Å². The number of fused-ring (bicyclic) bond motifs is 1. The number of H-pyrrole nitrogens is 1. The molecule has 1 saturated heterocycles. The molecule has 170 valence electrons. The predicted molar refractivity (Wildman–Crippen MR) is 122 cm³/mol. The van der Waals surface area contributed by atoms with Crippen LogP contribution in [0, 0.1) is 19.7 Å². The van der Waals surface area contributed by atoms with Crippen LogP contribution < -0.4 is 5.56 Å². The summed E-state index contributed by atoms with van der Waals surface area (Å²) in [5.74, 6) is 0.269. The number of nitrogens with zero attached hydrogens (tertiary/aromatic N) is 5. The molecular weight excluding hydrogens is 423 g/mol. The van der Waals surface area contributed by atoms with Crippen molar-refractivity contribution < 1.29 is 9.13 Å². The topological polar surface area (TPSA) is 88.9 Å². The minimum Gasteiger partial charge on any atom is -0.379 e. The molecule has 1 atom stereocenters. The summed E-state index contributed by atoms with van der Waals surface area (Å²) in [4.78, 5) is 18.6. The molecule has 0 saturated carbocycles. The first-order chi connectivity index (χ1) is 16.0. The van der Waals surface area contributed by atoms with Crippen LogP contribution in [0.1, 0.15) is 34.1 Å². The van der Waals surface area contributed by atoms with E-state index in [1.54, 1.807) is 16.8 Å². The maximum absolute atomic E-state index is 13.4. The third-order valence-corrected chi connectivity index (χ3v) is 6.08. The highest BCUT2D eigenvalue weighted by Gasteiger charge is 2.31. The summed E-state index contributed by atoms with van der Waals surface area (Å²) in [6.45, 7) is 6.84. The van der Waals surface area contributed by atoms with Crippen LogP contribution in [-0.4, -0.2) is 56.4 Å². The maximum Gasteiger partial charge on any atom is 0.253 e. The summed E-state index contributed by atoms with van der Waals surface area (Å²) in [5.41, 5.74) is 4.27. The third-order valence-electron chi connectivity index (χ3n) is 6.08. The Kier molecular flexibility index (Phi) is 5.74. The molecule has 1 unspecified atom stereocenters. The van der Waals surface area contributed by atoms with Gasteiger partial charge in [0, 0.05) is 18.7 Å². The van der Waals surface area contributed by atoms with Gasteiger partial charge < -0.3 is 9.72 Å². The van der Waals surface area contributed by atoms with E-state index in [-0.39, 0.29) is 11.4 Å². The van der Waals surface area contributed by atoms with Crippen LogP contribution in [0.15, 0.2) is 47.3 Å². The molecule has 0 bridgehead atoms. The molecule has 8 nitrogen and oxygen atoms in total. The Bertz CT molecular complexity index is 1340. The van der Waals surface area contributed by atoms with E-state index in [0.29, 0.717) is 44.2 Å². The van der Waals surface area contributed by atoms with Gasteiger partial charge in [-0.25, -0.2) is 9.07 Å². The van der Waals surface area contributed by atoms with Gasteiger partial charge in [0.25, 0.3) is 5.56 Å². The van der Waals surface area contributed by atoms with E-state index < -0.39 is 6.04 Å². The van der Waals surface area contributed by atoms with Crippen molar-refractivity contribution in [2.75, 3.05) is 26.3 Å². The van der Waals surface area contributed by atoms with Crippen LogP contribution in [0.25, 0.3) is 10.9 Å². The Morgan fingerprint density at radius 2 is 1.88 bits per heavy atom. The predicted octanol–water partition coefficient (Wildman–Crippen LogP) is 2.74. The quantitative estimate of drug-likeness (QED) is 0.505. The molecule has 0 radical (unpaired) electrons. The fourth-order valence-electron chi connectivity index (χ4n) is 4.52. The van der Waals surface area contributed by atoms with E-state index in [1.165, 1.54) is 12.1 Å². The number of ether oxygens (including phenoxy) is 1. The van der Waals surface area contributed by atoms with E-state index in [0.717, 1.165) is 27.6 Å². The first-order valence-corrected chi connectivity index (χ1v) is 11.0. The average Bonchev–Trinajstić information content (AvgIpc) is 3.25. The van der Waals surface area contributed by atoms with Gasteiger partial charge in [0.15, 0.2) is 5.82 Å². The van der Waals surface area contributed by atoms with Crippen LogP contribution in [0.5, 0.6) is 0 Å². The number of pyridine rings is 1. The van der Waals surface area contributed by atoms with E-state index >= 15 is 0 Å². The number of aromatic nitrogens is 5. The molecule has 1 fully saturated rings. The van der Waals surface area contributed by atoms with E-state index in [4.69, 9.17) is 4.74 Å². The van der Waals surface area contributed by atoms with Crippen molar-refractivity contribution >= 4 is 10.9 Å². The van der Waals surface area contributed by atoms with Gasteiger partial charge in [0.1, 0.15) is 11.9 Å². The van der Waals surface area contributed by atoms with Gasteiger partial charge in [-0.3, -0.25) is 9.69 Å². The van der Waals surface area contributed by atoms with Crippen molar-refractivity contribution in [2.45, 2.75) is 26.4 Å². The summed E-state index contributed by atoms with van der Waals surface area (Å²) in [6.07, 6.45) is 0. The number of nitrogens with one attached hydrogen (secondary N) is 1. The van der Waals surface area contributed by atoms with Crippen LogP contribution in [0.3, 0.4) is 0 Å². The van der Waals surface area contributed by atoms with Crippen molar-refractivity contribution in [1.29, 1.82) is 0 Å². The largest absolute Gasteiger partial charge is 0.379 e. The molecule has 2 aromatic heterocycles. The maximum atomic E-state index is 13.4. The van der Waals surface area contributed by atoms with E-state index in [2.05, 4.69) is 37.5 Å². The Balaban J connectivity index is 1.63. The van der Waals surface area contributed by atoms with Crippen molar-refractivity contribution in [1.82, 2.24) is 30.1 Å². The lowest BCUT2D eigenvalue weighted by atomic mass is 10.0. The zero-order chi connectivity index (χ0) is 22.9. The zero-order valence-electron chi connectivity index (χ0n) is 18.6. The number of hydrogen-bond acceptors (Lipinski definition) is 6. The minimum absolute atomic E-state index is 0.165. The van der Waals surface area contributed by atoms with E-state index in [1.807, 2.05) is 19.9 Å². The second kappa shape index (κ2) is 8.84. The van der Waals surface area contributed by atoms with E-state index in [9.17, 15) is 9.18 Å². The molecule has 2 aromatic carbocycles. The lowest BCUT2D eigenvalue weighted by Crippen LogP contribution is -2.42. The molecule has 5 rings (SSSR count). The Hall–Kier alpha value is -3.43. The standard InChI is InChI=1S/C24H25FN6O2/c1-15-11-16(2)21-18(12-15)13-20(24(32)26-21)22(30-7-9-33-10-8-30)23-27-28-29-31(23)14-17-3-5-19(25)6-4-17/h3-6,11-13,22H,7-10,14H2,1-2H3,(H,26,32). The lowest BCUT2D eigenvalue weighted by Gasteiger charge is -2.33. The summed E-state index contributed by atoms with van der Waals surface area (Å²) < 4.78 is 20.6. The van der Waals surface area contributed by atoms with Crippen LogP contribution in [0.2, 0.25) is 0 Å². The van der Waals surface area contributed by atoms with Crippen molar-refractivity contribution in [3.05, 3.63) is 86.7 Å². The van der Waals surface area contributed by atoms with Gasteiger partial charge in [0.05, 0.1) is 25.3 Å². The SMILES string of the molecule is Cc1cc(C)c2[nH]c(=O)c(C(c3nnnn3Cc3ccc(F)cc3)N3CCOCC3)cc2c1. The van der Waals surface area contributed by atoms with Crippen LogP contribution in [0.4, 0.5) is 4.39 Å². The van der Waals surface area contributed by atoms with Gasteiger partial charge in [0.2, 0.25) is 0 Å². The fraction of sp³-hybridized carbons (Fsp3) is 0.333. The first kappa shape index (κ1) is 21.4. The smallest absolute Gasteiger partial charge is 0.253 e. The molecule has 1 aliphatic rings. The van der Waals surface area contributed by atoms with Crippen LogP contribution >= 0.6 is 0 Å². The molecular formula is C24H25FN6O2. The molecule has 0 aliphatic carbocycles. The highest BCUT2D eigenvalue weighted by Crippen LogP contribution is 2.28. The highest BCUT2D eigenvalue weighted by molar-refractivity contribution is 5.83. The van der Waals surface area contributed by atoms with Gasteiger partial charge in [-0.2, -0.15) is 0 Å². The summed E-state index contributed by atoms with van der Waals surface area (Å²) in [7, 11) is 0. The van der Waals surface area contributed by atoms with Gasteiger partial charge >= 0.3 is 0 Å². The molecule has 33 heavy (non-hydrogen) atoms. The fourth-order valence-corrected chi connectivity index (χ4v) is 4.52. The zero-order valence-corrected chi connectivity index (χ0v) is 18.6. The van der Waals surface area contributed by atoms with Crippen molar-refractivity contribution in [3.63, 3.8) is 0 Å². The summed E-state index contributed by atoms with van der Waals surface area (Å²) >= 11 is 0. The average molecular weight is 449 g/mol. The molecule has 9 heteroatoms. The number of rotatable bonds is 5. The van der Waals surface area contributed by atoms with Gasteiger partial charge in [-0.1, -0.05) is 23.8 Å². The molecule has 1 aliphatic heterocycles. The lowest BCUT2D eigenvalue weighted by molar-refractivity contribution is 0.0214. The Morgan fingerprint density at radius 3 is 2.64 bits per heavy atom. The molecule has 1 N–H and O–H groups in total. The Labute approximate surface area is 190 Å². The first-order valence-electron chi connectivity index (χ1n) is 11.0. The molecule has 0 amide bonds. The third kappa shape index (κ3) is 4.29. The number of aryl methyl sites for hydroxylation is 2. The second-order valence-corrected chi connectivity index (χ2v) is 8.47. The molecule has 3 heterocycles. The number of morpholine rings is 1. The molecule has 4 aromatic rings. The number of aromatic amines is 1. The monoisotopic (exact) mass is 448 g/mol. The summed E-state index contributed by atoms with van der Waals surface area (Å²) in [5, 5.41) is 13.4. The Morgan fingerprint density at radius 1 is 1.12 bits per heavy atom. The number of halogens is 1. The van der Waals surface area contributed by atoms with Crippen LogP contribution in [-0.2, 0) is 11.3 Å². The van der Waals surface area contributed by atoms with Crippen molar-refractivity contribution in [3.8, 4) is 0 Å². The normalized spacial score (nSPS) is 15.7. The van der Waals surface area contributed by atoms with Crippen molar-refractivity contribution in [2.24, 2.45) is 0 Å². The molecule has 0 spiro atoms. The number of hydrogen-bond donors (Lipinski definition) is 1. The minimum atomic E-state index is -0.446.